The van der Waals surface area contributed by atoms with Crippen molar-refractivity contribution in [3.8, 4) is 34.8 Å². The van der Waals surface area contributed by atoms with Crippen molar-refractivity contribution in [2.24, 2.45) is 15.8 Å². The van der Waals surface area contributed by atoms with Crippen LogP contribution in [0.15, 0.2) is 114 Å². The number of carboxylic acids is 1. The van der Waals surface area contributed by atoms with Crippen LogP contribution in [0.25, 0.3) is 23.0 Å². The highest BCUT2D eigenvalue weighted by atomic mass is 19.3. The average Bonchev–Trinajstić information content (AvgIpc) is 4.29. The Bertz CT molecular complexity index is 3360. The van der Waals surface area contributed by atoms with Gasteiger partial charge < -0.3 is 50.3 Å². The highest BCUT2D eigenvalue weighted by Crippen LogP contribution is 2.49. The Kier molecular flexibility index (Phi) is 21.2. The Morgan fingerprint density at radius 2 is 1.19 bits per heavy atom. The van der Waals surface area contributed by atoms with E-state index < -0.39 is 47.8 Å². The zero-order chi connectivity index (χ0) is 60.5. The minimum Gasteiger partial charge on any atom is -0.480 e. The van der Waals surface area contributed by atoms with Gasteiger partial charge in [-0.1, -0.05) is 18.2 Å². The van der Waals surface area contributed by atoms with Crippen LogP contribution in [0, 0.1) is 0 Å². The maximum atomic E-state index is 13.8. The number of nitrogens with zero attached hydrogens (tertiary/aromatic N) is 15. The summed E-state index contributed by atoms with van der Waals surface area (Å²) in [5, 5.41) is 30.2. The van der Waals surface area contributed by atoms with Crippen molar-refractivity contribution in [3.63, 3.8) is 0 Å². The van der Waals surface area contributed by atoms with E-state index in [9.17, 15) is 40.7 Å². The van der Waals surface area contributed by atoms with Gasteiger partial charge in [0.05, 0.1) is 26.6 Å². The molecule has 0 radical (unpaired) electrons. The number of aliphatic imine (C=N–C) groups is 1. The number of hydrazone groups is 1. The van der Waals surface area contributed by atoms with E-state index in [0.717, 1.165) is 0 Å². The first-order chi connectivity index (χ1) is 39.4. The first-order valence-electron chi connectivity index (χ1n) is 25.0. The van der Waals surface area contributed by atoms with Gasteiger partial charge in [-0.2, -0.15) is 5.10 Å². The van der Waals surface area contributed by atoms with E-state index in [1.807, 2.05) is 28.2 Å². The fourth-order valence-electron chi connectivity index (χ4n) is 7.39. The molecule has 25 nitrogen and oxygen atoms in total. The second-order valence-corrected chi connectivity index (χ2v) is 18.6. The van der Waals surface area contributed by atoms with Gasteiger partial charge in [-0.3, -0.25) is 9.59 Å². The van der Waals surface area contributed by atoms with Crippen molar-refractivity contribution < 1.29 is 55.3 Å². The maximum Gasteiger partial charge on any atom is 0.341 e. The van der Waals surface area contributed by atoms with Gasteiger partial charge in [0.25, 0.3) is 29.6 Å². The lowest BCUT2D eigenvalue weighted by Crippen LogP contribution is -2.49. The molecule has 3 fully saturated rings. The molecular weight excluding hydrogens is 1100 g/mol. The van der Waals surface area contributed by atoms with Crippen LogP contribution in [-0.4, -0.2) is 166 Å². The number of aromatic nitrogens is 11. The molecule has 31 heteroatoms. The number of hydrogen-bond acceptors (Lipinski definition) is 18. The normalized spacial score (nSPS) is 17.5. The summed E-state index contributed by atoms with van der Waals surface area (Å²) in [5.74, 6) is -7.99. The molecule has 3 saturated carbocycles. The van der Waals surface area contributed by atoms with Crippen LogP contribution >= 0.6 is 0 Å². The molecule has 440 valence electrons. The first-order valence-corrected chi connectivity index (χ1v) is 25.0. The zero-order valence-corrected chi connectivity index (χ0v) is 45.6. The van der Waals surface area contributed by atoms with Gasteiger partial charge >= 0.3 is 5.97 Å². The fraction of sp³-hybridized carbons (Fsp3) is 0.346. The lowest BCUT2D eigenvalue weighted by atomic mass is 9.87. The number of carbonyl (C=O) groups is 3. The number of pyridine rings is 5. The molecule has 7 aromatic heterocycles. The molecular formula is C52H59F6N19O6. The van der Waals surface area contributed by atoms with Crippen molar-refractivity contribution in [2.75, 3.05) is 53.5 Å². The molecule has 7 N–H and O–H groups in total. The molecule has 83 heavy (non-hydrogen) atoms. The zero-order valence-electron chi connectivity index (χ0n) is 45.6. The summed E-state index contributed by atoms with van der Waals surface area (Å²) in [7, 11) is 10.1. The van der Waals surface area contributed by atoms with Crippen LogP contribution in [0.2, 0.25) is 0 Å². The molecule has 0 spiro atoms. The number of nitrogen functional groups attached to an aromatic ring is 1. The monoisotopic (exact) mass is 1160 g/mol. The van der Waals surface area contributed by atoms with Gasteiger partial charge in [-0.05, 0) is 79.9 Å². The molecule has 3 unspecified atom stereocenters. The molecule has 0 aliphatic heterocycles. The molecule has 3 atom stereocenters. The average molecular weight is 1160 g/mol. The number of ether oxygens (including phenoxy) is 2. The van der Waals surface area contributed by atoms with Crippen molar-refractivity contribution in [2.45, 2.75) is 74.4 Å². The van der Waals surface area contributed by atoms with E-state index in [2.05, 4.69) is 66.2 Å². The number of anilines is 2. The van der Waals surface area contributed by atoms with Crippen molar-refractivity contribution in [1.29, 1.82) is 0 Å². The van der Waals surface area contributed by atoms with Crippen LogP contribution in [0.3, 0.4) is 0 Å². The minimum atomic E-state index is -2.79. The Morgan fingerprint density at radius 1 is 0.675 bits per heavy atom. The number of nitrogens with one attached hydrogen (secondary N) is 2. The van der Waals surface area contributed by atoms with Crippen LogP contribution in [0.4, 0.5) is 43.8 Å². The van der Waals surface area contributed by atoms with Gasteiger partial charge in [0.15, 0.2) is 17.5 Å². The van der Waals surface area contributed by atoms with Crippen molar-refractivity contribution in [1.82, 2.24) is 69.7 Å². The Balaban J connectivity index is 0.000000178. The SMILES string of the molecule is CN(C)C=Nc1cccc(C(=O)N/N=C/N(C)C)n1.COc1ncccc1C(=O)Nc1cccc(-c2nncn2C2CCC2(F)F)n1.COc1ncccc1C(=O)O.NC1CCC1(F)F.Nc1cccc(-c2nncn2C2CCC2(F)F)n1. The summed E-state index contributed by atoms with van der Waals surface area (Å²) in [6, 6.07) is 18.4. The van der Waals surface area contributed by atoms with Gasteiger partial charge in [-0.25, -0.2) is 66.5 Å². The lowest BCUT2D eigenvalue weighted by Gasteiger charge is -2.37. The topological polar surface area (TPSA) is 323 Å². The third-order valence-corrected chi connectivity index (χ3v) is 12.1. The van der Waals surface area contributed by atoms with Crippen LogP contribution in [0.5, 0.6) is 11.8 Å². The van der Waals surface area contributed by atoms with Gasteiger partial charge in [-0.15, -0.1) is 20.4 Å². The summed E-state index contributed by atoms with van der Waals surface area (Å²) in [5.41, 5.74) is 14.2. The van der Waals surface area contributed by atoms with E-state index in [1.54, 1.807) is 88.9 Å². The van der Waals surface area contributed by atoms with E-state index >= 15 is 0 Å². The third-order valence-electron chi connectivity index (χ3n) is 12.1. The molecule has 3 aliphatic rings. The molecule has 0 bridgehead atoms. The molecule has 0 saturated heterocycles. The summed E-state index contributed by atoms with van der Waals surface area (Å²) in [6.45, 7) is 0. The summed E-state index contributed by atoms with van der Waals surface area (Å²) in [6.07, 6.45) is 9.66. The van der Waals surface area contributed by atoms with E-state index in [1.165, 1.54) is 60.8 Å². The number of alkyl halides is 6. The predicted molar refractivity (Wildman–Crippen MR) is 292 cm³/mol. The maximum absolute atomic E-state index is 13.8. The van der Waals surface area contributed by atoms with Crippen LogP contribution in [0.1, 0.15) is 81.8 Å². The number of carbonyl (C=O) groups excluding carboxylic acids is 2. The number of rotatable bonds is 14. The molecule has 2 amide bonds. The fourth-order valence-corrected chi connectivity index (χ4v) is 7.39. The standard InChI is InChI=1S/C18H16F2N6O2.C12H18N6O.C11H11F2N5.C7H7NO3.C4H7F2N/c1-28-17-11(4-3-9-21-17)16(27)24-14-6-2-5-12(23-14)15-25-22-10-26(15)13-7-8-18(13,19)20;1-17(2)8-13-11-7-5-6-10(15-11)12(19)16-14-9-18(3)4;12-11(13)5-4-8(11)18-6-15-17-10(18)7-2-1-3-9(14)16-7;1-11-6-5(7(9)10)3-2-4-8-6;5-4(6)2-1-3(4)7/h2-6,9-10,13H,7-8H2,1H3,(H,23,24,27);5-9H,1-4H3,(H,16,19);1-3,6,8H,4-5H2,(H2,14,16);2-4H,1H3,(H,9,10);3H,1-2,7H2/b;13-8?,14-9+;;;. The number of hydrogen-bond donors (Lipinski definition) is 5. The van der Waals surface area contributed by atoms with E-state index in [4.69, 9.17) is 26.0 Å². The molecule has 7 heterocycles. The summed E-state index contributed by atoms with van der Waals surface area (Å²) < 4.78 is 90.6. The second kappa shape index (κ2) is 28.1. The van der Waals surface area contributed by atoms with Crippen molar-refractivity contribution >= 4 is 47.9 Å². The number of carboxylic acid groups (broad SMARTS) is 1. The number of amides is 2. The lowest BCUT2D eigenvalue weighted by molar-refractivity contribution is -0.122. The van der Waals surface area contributed by atoms with E-state index in [-0.39, 0.29) is 65.4 Å². The first kappa shape index (κ1) is 62.5. The number of aromatic carboxylic acids is 1. The Hall–Kier alpha value is -9.68. The Morgan fingerprint density at radius 3 is 1.65 bits per heavy atom. The van der Waals surface area contributed by atoms with Gasteiger partial charge in [0.1, 0.15) is 70.9 Å². The smallest absolute Gasteiger partial charge is 0.341 e. The largest absolute Gasteiger partial charge is 0.480 e. The molecule has 10 rings (SSSR count). The Labute approximate surface area is 470 Å². The van der Waals surface area contributed by atoms with Crippen LogP contribution < -0.4 is 31.7 Å². The van der Waals surface area contributed by atoms with Gasteiger partial charge in [0, 0.05) is 59.8 Å². The number of nitrogens with two attached hydrogens (primary N) is 2. The number of halogens is 6. The second-order valence-electron chi connectivity index (χ2n) is 18.6. The third kappa shape index (κ3) is 16.9. The molecule has 0 aromatic carbocycles. The summed E-state index contributed by atoms with van der Waals surface area (Å²) in [4.78, 5) is 62.5. The molecule has 7 aromatic rings. The predicted octanol–water partition coefficient (Wildman–Crippen LogP) is 6.93. The highest BCUT2D eigenvalue weighted by molar-refractivity contribution is 6.05. The minimum absolute atomic E-state index is 0.0197. The van der Waals surface area contributed by atoms with Crippen molar-refractivity contribution in [3.05, 3.63) is 121 Å². The quantitative estimate of drug-likeness (QED) is 0.0319. The van der Waals surface area contributed by atoms with E-state index in [0.29, 0.717) is 48.1 Å². The van der Waals surface area contributed by atoms with Gasteiger partial charge in [0.2, 0.25) is 11.8 Å². The summed E-state index contributed by atoms with van der Waals surface area (Å²) >= 11 is 0. The highest BCUT2D eigenvalue weighted by Gasteiger charge is 2.51. The number of methoxy groups -OCH3 is 2. The molecule has 3 aliphatic carbocycles. The van der Waals surface area contributed by atoms with Crippen LogP contribution in [-0.2, 0) is 0 Å².